The Hall–Kier alpha value is -3.14. The predicted molar refractivity (Wildman–Crippen MR) is 115 cm³/mol. The van der Waals surface area contributed by atoms with Crippen molar-refractivity contribution in [3.8, 4) is 0 Å². The summed E-state index contributed by atoms with van der Waals surface area (Å²) in [6.45, 7) is 6.17. The van der Waals surface area contributed by atoms with Gasteiger partial charge < -0.3 is 9.47 Å². The number of allylic oxidation sites excluding steroid dienone is 2. The third kappa shape index (κ3) is 3.70. The fourth-order valence-electron chi connectivity index (χ4n) is 4.35. The second-order valence-electron chi connectivity index (χ2n) is 8.55. The van der Waals surface area contributed by atoms with Gasteiger partial charge in [-0.2, -0.15) is 0 Å². The molecule has 0 fully saturated rings. The number of ketones is 1. The highest BCUT2D eigenvalue weighted by atomic mass is 16.5. The van der Waals surface area contributed by atoms with Gasteiger partial charge in [0, 0.05) is 24.0 Å². The van der Waals surface area contributed by atoms with Crippen LogP contribution in [-0.2, 0) is 19.1 Å². The third-order valence-electron chi connectivity index (χ3n) is 5.59. The molecular formula is C26H26O4. The van der Waals surface area contributed by atoms with Crippen LogP contribution < -0.4 is 0 Å². The highest BCUT2D eigenvalue weighted by molar-refractivity contribution is 6.07. The van der Waals surface area contributed by atoms with Crippen molar-refractivity contribution >= 4 is 17.5 Å². The van der Waals surface area contributed by atoms with Gasteiger partial charge in [0.2, 0.25) is 0 Å². The summed E-state index contributed by atoms with van der Waals surface area (Å²) >= 11 is 0. The standard InChI is InChI=1S/C26H26O4/c1-4-29-25(28)23-21(17-11-7-5-8-12-17)22-19(27)15-26(2,3)16-20(22)30-24(23)18-13-9-6-10-14-18/h5-14,21H,4,15-16H2,1-3H3. The molecule has 2 aromatic carbocycles. The predicted octanol–water partition coefficient (Wildman–Crippen LogP) is 5.42. The molecule has 2 aromatic rings. The zero-order valence-electron chi connectivity index (χ0n) is 17.6. The lowest BCUT2D eigenvalue weighted by molar-refractivity contribution is -0.138. The fraction of sp³-hybridized carbons (Fsp3) is 0.308. The van der Waals surface area contributed by atoms with E-state index in [-0.39, 0.29) is 17.8 Å². The molecule has 4 nitrogen and oxygen atoms in total. The Bertz CT molecular complexity index is 1030. The summed E-state index contributed by atoms with van der Waals surface area (Å²) in [5.41, 5.74) is 2.46. The lowest BCUT2D eigenvalue weighted by Crippen LogP contribution is -2.34. The van der Waals surface area contributed by atoms with Gasteiger partial charge >= 0.3 is 5.97 Å². The molecule has 0 spiro atoms. The van der Waals surface area contributed by atoms with E-state index in [4.69, 9.17) is 9.47 Å². The van der Waals surface area contributed by atoms with Gasteiger partial charge in [-0.1, -0.05) is 74.5 Å². The number of benzene rings is 2. The van der Waals surface area contributed by atoms with E-state index in [1.54, 1.807) is 6.92 Å². The van der Waals surface area contributed by atoms with Crippen LogP contribution in [0.25, 0.3) is 5.76 Å². The Labute approximate surface area is 177 Å². The minimum Gasteiger partial charge on any atom is -0.463 e. The lowest BCUT2D eigenvalue weighted by Gasteiger charge is -2.38. The summed E-state index contributed by atoms with van der Waals surface area (Å²) in [5, 5.41) is 0. The Balaban J connectivity index is 1.98. The van der Waals surface area contributed by atoms with Crippen LogP contribution in [0.1, 0.15) is 50.7 Å². The molecule has 1 heterocycles. The van der Waals surface area contributed by atoms with Crippen molar-refractivity contribution in [2.24, 2.45) is 5.41 Å². The number of rotatable bonds is 4. The van der Waals surface area contributed by atoms with Crippen LogP contribution in [0.15, 0.2) is 77.6 Å². The van der Waals surface area contributed by atoms with E-state index < -0.39 is 11.9 Å². The fourth-order valence-corrected chi connectivity index (χ4v) is 4.35. The number of carbonyl (C=O) groups is 2. The van der Waals surface area contributed by atoms with Gasteiger partial charge in [0.1, 0.15) is 11.5 Å². The molecule has 0 saturated carbocycles. The number of esters is 1. The van der Waals surface area contributed by atoms with Crippen LogP contribution in [0.3, 0.4) is 0 Å². The quantitative estimate of drug-likeness (QED) is 0.641. The van der Waals surface area contributed by atoms with Gasteiger partial charge in [0.25, 0.3) is 0 Å². The van der Waals surface area contributed by atoms with E-state index >= 15 is 0 Å². The smallest absolute Gasteiger partial charge is 0.338 e. The summed E-state index contributed by atoms with van der Waals surface area (Å²) in [7, 11) is 0. The Morgan fingerprint density at radius 2 is 1.67 bits per heavy atom. The van der Waals surface area contributed by atoms with Crippen molar-refractivity contribution in [2.45, 2.75) is 39.5 Å². The number of hydrogen-bond donors (Lipinski definition) is 0. The van der Waals surface area contributed by atoms with E-state index in [0.717, 1.165) is 11.1 Å². The van der Waals surface area contributed by atoms with Crippen molar-refractivity contribution in [3.05, 3.63) is 88.7 Å². The maximum absolute atomic E-state index is 13.3. The highest BCUT2D eigenvalue weighted by Gasteiger charge is 2.45. The van der Waals surface area contributed by atoms with Crippen LogP contribution in [-0.4, -0.2) is 18.4 Å². The number of Topliss-reactive ketones (excluding diaryl/α,β-unsaturated/α-hetero) is 1. The first-order chi connectivity index (χ1) is 14.4. The monoisotopic (exact) mass is 402 g/mol. The Kier molecular flexibility index (Phi) is 5.33. The lowest BCUT2D eigenvalue weighted by atomic mass is 9.69. The second kappa shape index (κ2) is 7.94. The molecule has 1 unspecified atom stereocenters. The van der Waals surface area contributed by atoms with Gasteiger partial charge in [-0.25, -0.2) is 4.79 Å². The van der Waals surface area contributed by atoms with Crippen LogP contribution >= 0.6 is 0 Å². The number of ether oxygens (including phenoxy) is 2. The Morgan fingerprint density at radius 3 is 2.30 bits per heavy atom. The molecule has 1 aliphatic heterocycles. The molecule has 1 atom stereocenters. The average Bonchev–Trinajstić information content (AvgIpc) is 2.73. The van der Waals surface area contributed by atoms with E-state index in [9.17, 15) is 9.59 Å². The molecule has 0 radical (unpaired) electrons. The molecule has 4 heteroatoms. The molecule has 0 bridgehead atoms. The van der Waals surface area contributed by atoms with E-state index in [1.807, 2.05) is 60.7 Å². The van der Waals surface area contributed by atoms with Crippen molar-refractivity contribution in [1.29, 1.82) is 0 Å². The topological polar surface area (TPSA) is 52.6 Å². The highest BCUT2D eigenvalue weighted by Crippen LogP contribution is 2.50. The molecular weight excluding hydrogens is 376 g/mol. The average molecular weight is 402 g/mol. The third-order valence-corrected chi connectivity index (χ3v) is 5.59. The first-order valence-corrected chi connectivity index (χ1v) is 10.4. The molecule has 1 aliphatic carbocycles. The summed E-state index contributed by atoms with van der Waals surface area (Å²) in [6.07, 6.45) is 1.07. The number of carbonyl (C=O) groups excluding carboxylic acids is 2. The van der Waals surface area contributed by atoms with Crippen LogP contribution in [0.2, 0.25) is 0 Å². The zero-order chi connectivity index (χ0) is 21.3. The van der Waals surface area contributed by atoms with Crippen LogP contribution in [0, 0.1) is 5.41 Å². The Morgan fingerprint density at radius 1 is 1.03 bits per heavy atom. The molecule has 154 valence electrons. The van der Waals surface area contributed by atoms with Gasteiger partial charge in [-0.15, -0.1) is 0 Å². The first-order valence-electron chi connectivity index (χ1n) is 10.4. The van der Waals surface area contributed by atoms with E-state index in [2.05, 4.69) is 13.8 Å². The van der Waals surface area contributed by atoms with Gasteiger partial charge in [0.05, 0.1) is 18.1 Å². The second-order valence-corrected chi connectivity index (χ2v) is 8.55. The van der Waals surface area contributed by atoms with Crippen molar-refractivity contribution in [3.63, 3.8) is 0 Å². The van der Waals surface area contributed by atoms with Crippen LogP contribution in [0.5, 0.6) is 0 Å². The summed E-state index contributed by atoms with van der Waals surface area (Å²) in [5.74, 6) is 0.218. The summed E-state index contributed by atoms with van der Waals surface area (Å²) in [4.78, 5) is 26.5. The van der Waals surface area contributed by atoms with Crippen molar-refractivity contribution < 1.29 is 19.1 Å². The molecule has 30 heavy (non-hydrogen) atoms. The zero-order valence-corrected chi connectivity index (χ0v) is 17.6. The summed E-state index contributed by atoms with van der Waals surface area (Å²) in [6, 6.07) is 19.2. The minimum atomic E-state index is -0.507. The summed E-state index contributed by atoms with van der Waals surface area (Å²) < 4.78 is 11.8. The largest absolute Gasteiger partial charge is 0.463 e. The molecule has 0 saturated heterocycles. The normalized spacial score (nSPS) is 20.5. The molecule has 0 amide bonds. The van der Waals surface area contributed by atoms with Crippen molar-refractivity contribution in [1.82, 2.24) is 0 Å². The maximum atomic E-state index is 13.3. The van der Waals surface area contributed by atoms with Crippen LogP contribution in [0.4, 0.5) is 0 Å². The molecule has 0 aromatic heterocycles. The molecule has 4 rings (SSSR count). The van der Waals surface area contributed by atoms with Gasteiger partial charge in [-0.3, -0.25) is 4.79 Å². The van der Waals surface area contributed by atoms with E-state index in [0.29, 0.717) is 35.5 Å². The first kappa shape index (κ1) is 20.1. The van der Waals surface area contributed by atoms with E-state index in [1.165, 1.54) is 0 Å². The molecule has 0 N–H and O–H groups in total. The van der Waals surface area contributed by atoms with Gasteiger partial charge in [-0.05, 0) is 17.9 Å². The SMILES string of the molecule is CCOC(=O)C1=C(c2ccccc2)OC2=C(C(=O)CC(C)(C)C2)C1c1ccccc1. The number of hydrogen-bond acceptors (Lipinski definition) is 4. The molecule has 2 aliphatic rings. The van der Waals surface area contributed by atoms with Crippen molar-refractivity contribution in [2.75, 3.05) is 6.61 Å². The van der Waals surface area contributed by atoms with Gasteiger partial charge in [0.15, 0.2) is 5.78 Å². The minimum absolute atomic E-state index is 0.0315. The maximum Gasteiger partial charge on any atom is 0.338 e.